The summed E-state index contributed by atoms with van der Waals surface area (Å²) in [6.45, 7) is 0. The molecule has 1 rings (SSSR count). The van der Waals surface area contributed by atoms with Crippen LogP contribution in [0.5, 0.6) is 0 Å². The summed E-state index contributed by atoms with van der Waals surface area (Å²) >= 11 is 0. The third-order valence-corrected chi connectivity index (χ3v) is 2.34. The van der Waals surface area contributed by atoms with Gasteiger partial charge in [0.05, 0.1) is 6.10 Å². The minimum absolute atomic E-state index is 0.255. The third-order valence-electron chi connectivity index (χ3n) is 2.34. The second-order valence-electron chi connectivity index (χ2n) is 3.01. The van der Waals surface area contributed by atoms with Crippen molar-refractivity contribution in [3.05, 3.63) is 6.08 Å². The van der Waals surface area contributed by atoms with E-state index in [4.69, 9.17) is 4.74 Å². The molecule has 1 aliphatic rings. The molecule has 11 heavy (non-hydrogen) atoms. The maximum Gasteiger partial charge on any atom is 0.120 e. The molecule has 0 bridgehead atoms. The number of hydrogen-bond donors (Lipinski definition) is 0. The van der Waals surface area contributed by atoms with Gasteiger partial charge in [0, 0.05) is 19.1 Å². The van der Waals surface area contributed by atoms with E-state index >= 15 is 0 Å². The fraction of sp³-hybridized carbons (Fsp3) is 0.778. The normalized spacial score (nSPS) is 31.0. The van der Waals surface area contributed by atoms with Crippen molar-refractivity contribution in [1.82, 2.24) is 0 Å². The summed E-state index contributed by atoms with van der Waals surface area (Å²) in [5.41, 5.74) is 0. The first kappa shape index (κ1) is 8.51. The summed E-state index contributed by atoms with van der Waals surface area (Å²) in [5, 5.41) is 0. The minimum atomic E-state index is 0.255. The molecule has 0 aromatic rings. The second kappa shape index (κ2) is 4.32. The predicted molar refractivity (Wildman–Crippen MR) is 43.0 cm³/mol. The standard InChI is InChI=1S/C9H14O2/c1-11-9-5-3-2-4-8(9)6-7-10/h6,8-9H,2-5H2,1H3. The first-order valence-corrected chi connectivity index (χ1v) is 4.12. The maximum atomic E-state index is 10.1. The van der Waals surface area contributed by atoms with Gasteiger partial charge < -0.3 is 4.74 Å². The zero-order chi connectivity index (χ0) is 8.10. The van der Waals surface area contributed by atoms with Crippen LogP contribution in [0.4, 0.5) is 0 Å². The lowest BCUT2D eigenvalue weighted by molar-refractivity contribution is 0.0418. The molecule has 1 aliphatic carbocycles. The number of hydrogen-bond acceptors (Lipinski definition) is 2. The molecule has 2 nitrogen and oxygen atoms in total. The van der Waals surface area contributed by atoms with Crippen LogP contribution < -0.4 is 0 Å². The highest BCUT2D eigenvalue weighted by Gasteiger charge is 2.22. The van der Waals surface area contributed by atoms with Crippen LogP contribution in [0.2, 0.25) is 0 Å². The molecule has 0 amide bonds. The molecule has 0 saturated heterocycles. The van der Waals surface area contributed by atoms with E-state index in [2.05, 4.69) is 0 Å². The lowest BCUT2D eigenvalue weighted by atomic mass is 9.86. The van der Waals surface area contributed by atoms with Crippen LogP contribution in [-0.2, 0) is 9.53 Å². The van der Waals surface area contributed by atoms with Crippen molar-refractivity contribution < 1.29 is 9.53 Å². The smallest absolute Gasteiger partial charge is 0.120 e. The number of methoxy groups -OCH3 is 1. The van der Waals surface area contributed by atoms with Crippen molar-refractivity contribution in [3.8, 4) is 0 Å². The summed E-state index contributed by atoms with van der Waals surface area (Å²) in [6, 6.07) is 0. The quantitative estimate of drug-likeness (QED) is 0.564. The molecule has 1 saturated carbocycles. The van der Waals surface area contributed by atoms with Crippen LogP contribution in [0, 0.1) is 5.92 Å². The fourth-order valence-corrected chi connectivity index (χ4v) is 1.70. The summed E-state index contributed by atoms with van der Waals surface area (Å²) < 4.78 is 5.25. The first-order chi connectivity index (χ1) is 5.38. The minimum Gasteiger partial charge on any atom is -0.381 e. The van der Waals surface area contributed by atoms with Gasteiger partial charge in [-0.3, -0.25) is 0 Å². The van der Waals surface area contributed by atoms with E-state index in [1.165, 1.54) is 12.8 Å². The van der Waals surface area contributed by atoms with E-state index < -0.39 is 0 Å². The monoisotopic (exact) mass is 154 g/mol. The van der Waals surface area contributed by atoms with Crippen molar-refractivity contribution in [3.63, 3.8) is 0 Å². The number of ether oxygens (including phenoxy) is 1. The van der Waals surface area contributed by atoms with Crippen LogP contribution in [0.3, 0.4) is 0 Å². The van der Waals surface area contributed by atoms with Crippen molar-refractivity contribution in [2.75, 3.05) is 7.11 Å². The Bertz CT molecular complexity index is 159. The largest absolute Gasteiger partial charge is 0.381 e. The van der Waals surface area contributed by atoms with E-state index in [-0.39, 0.29) is 6.10 Å². The highest BCUT2D eigenvalue weighted by atomic mass is 16.5. The van der Waals surface area contributed by atoms with Crippen molar-refractivity contribution in [1.29, 1.82) is 0 Å². The highest BCUT2D eigenvalue weighted by Crippen LogP contribution is 2.26. The lowest BCUT2D eigenvalue weighted by Crippen LogP contribution is -2.24. The maximum absolute atomic E-state index is 10.1. The highest BCUT2D eigenvalue weighted by molar-refractivity contribution is 5.45. The fourth-order valence-electron chi connectivity index (χ4n) is 1.70. The van der Waals surface area contributed by atoms with E-state index in [1.54, 1.807) is 13.2 Å². The Morgan fingerprint density at radius 3 is 2.82 bits per heavy atom. The molecule has 0 spiro atoms. The lowest BCUT2D eigenvalue weighted by Gasteiger charge is -2.26. The van der Waals surface area contributed by atoms with Crippen LogP contribution in [0.25, 0.3) is 0 Å². The van der Waals surface area contributed by atoms with Gasteiger partial charge in [-0.15, -0.1) is 0 Å². The molecule has 0 N–H and O–H groups in total. The number of carbonyl (C=O) groups excluding carboxylic acids is 1. The predicted octanol–water partition coefficient (Wildman–Crippen LogP) is 1.58. The summed E-state index contributed by atoms with van der Waals surface area (Å²) in [5.74, 6) is 2.16. The summed E-state index contributed by atoms with van der Waals surface area (Å²) in [7, 11) is 1.71. The second-order valence-corrected chi connectivity index (χ2v) is 3.01. The molecule has 0 aromatic carbocycles. The van der Waals surface area contributed by atoms with E-state index in [9.17, 15) is 4.79 Å². The number of rotatable bonds is 2. The molecule has 2 heteroatoms. The molecule has 0 radical (unpaired) electrons. The SMILES string of the molecule is COC1CCCCC1C=C=O. The van der Waals surface area contributed by atoms with Crippen LogP contribution in [0.1, 0.15) is 25.7 Å². The third kappa shape index (κ3) is 2.18. The van der Waals surface area contributed by atoms with Crippen LogP contribution in [-0.4, -0.2) is 19.2 Å². The van der Waals surface area contributed by atoms with Crippen LogP contribution in [0.15, 0.2) is 6.08 Å². The summed E-state index contributed by atoms with van der Waals surface area (Å²) in [6.07, 6.45) is 6.45. The Hall–Kier alpha value is -0.590. The van der Waals surface area contributed by atoms with Crippen molar-refractivity contribution in [2.45, 2.75) is 31.8 Å². The van der Waals surface area contributed by atoms with Crippen LogP contribution >= 0.6 is 0 Å². The van der Waals surface area contributed by atoms with Gasteiger partial charge in [0.15, 0.2) is 0 Å². The van der Waals surface area contributed by atoms with Crippen molar-refractivity contribution in [2.24, 2.45) is 5.92 Å². The molecule has 0 aliphatic heterocycles. The molecule has 1 fully saturated rings. The molecular formula is C9H14O2. The van der Waals surface area contributed by atoms with Gasteiger partial charge in [-0.25, -0.2) is 4.79 Å². The Balaban J connectivity index is 2.50. The van der Waals surface area contributed by atoms with Gasteiger partial charge in [-0.1, -0.05) is 12.8 Å². The van der Waals surface area contributed by atoms with Gasteiger partial charge in [-0.05, 0) is 12.8 Å². The summed E-state index contributed by atoms with van der Waals surface area (Å²) in [4.78, 5) is 10.1. The zero-order valence-corrected chi connectivity index (χ0v) is 6.88. The van der Waals surface area contributed by atoms with E-state index in [0.29, 0.717) is 5.92 Å². The van der Waals surface area contributed by atoms with Gasteiger partial charge in [0.25, 0.3) is 0 Å². The van der Waals surface area contributed by atoms with Gasteiger partial charge in [-0.2, -0.15) is 0 Å². The Morgan fingerprint density at radius 1 is 1.45 bits per heavy atom. The zero-order valence-electron chi connectivity index (χ0n) is 6.88. The van der Waals surface area contributed by atoms with E-state index in [1.807, 2.05) is 5.94 Å². The molecule has 2 unspecified atom stereocenters. The van der Waals surface area contributed by atoms with Gasteiger partial charge in [0.1, 0.15) is 5.94 Å². The molecule has 62 valence electrons. The van der Waals surface area contributed by atoms with Gasteiger partial charge in [0.2, 0.25) is 0 Å². The van der Waals surface area contributed by atoms with E-state index in [0.717, 1.165) is 12.8 Å². The Morgan fingerprint density at radius 2 is 2.18 bits per heavy atom. The molecule has 0 heterocycles. The average molecular weight is 154 g/mol. The average Bonchev–Trinajstić information content (AvgIpc) is 2.06. The Labute approximate surface area is 67.2 Å². The topological polar surface area (TPSA) is 26.3 Å². The molecule has 2 atom stereocenters. The Kier molecular flexibility index (Phi) is 3.34. The molecule has 0 aromatic heterocycles. The molecular weight excluding hydrogens is 140 g/mol. The first-order valence-electron chi connectivity index (χ1n) is 4.12. The van der Waals surface area contributed by atoms with Crippen molar-refractivity contribution >= 4 is 5.94 Å². The van der Waals surface area contributed by atoms with Gasteiger partial charge >= 0.3 is 0 Å².